The summed E-state index contributed by atoms with van der Waals surface area (Å²) in [5, 5.41) is 3.40. The Balaban J connectivity index is 2.02. The van der Waals surface area contributed by atoms with Crippen LogP contribution < -0.4 is 15.0 Å². The minimum absolute atomic E-state index is 0.694. The highest BCUT2D eigenvalue weighted by atomic mass is 16.5. The molecule has 0 saturated carbocycles. The summed E-state index contributed by atoms with van der Waals surface area (Å²) in [6.45, 7) is 9.10. The maximum atomic E-state index is 5.44. The summed E-state index contributed by atoms with van der Waals surface area (Å²) in [6, 6.07) is 16.6. The first kappa shape index (κ1) is 15.2. The number of rotatable bonds is 7. The number of benzene rings is 2. The predicted octanol–water partition coefficient (Wildman–Crippen LogP) is 4.68. The van der Waals surface area contributed by atoms with Crippen LogP contribution in [0.4, 0.5) is 17.1 Å². The van der Waals surface area contributed by atoms with Gasteiger partial charge >= 0.3 is 0 Å². The van der Waals surface area contributed by atoms with Crippen LogP contribution in [0.15, 0.2) is 48.5 Å². The Kier molecular flexibility index (Phi) is 5.50. The van der Waals surface area contributed by atoms with E-state index in [0.29, 0.717) is 6.61 Å². The van der Waals surface area contributed by atoms with Crippen LogP contribution in [-0.4, -0.2) is 19.7 Å². The minimum atomic E-state index is 0.694. The van der Waals surface area contributed by atoms with Gasteiger partial charge in [-0.15, -0.1) is 0 Å². The van der Waals surface area contributed by atoms with Crippen molar-refractivity contribution in [3.8, 4) is 5.75 Å². The van der Waals surface area contributed by atoms with Crippen molar-refractivity contribution in [1.29, 1.82) is 0 Å². The molecule has 112 valence electrons. The molecule has 2 aromatic carbocycles. The summed E-state index contributed by atoms with van der Waals surface area (Å²) in [5.41, 5.74) is 3.42. The van der Waals surface area contributed by atoms with E-state index in [9.17, 15) is 0 Å². The van der Waals surface area contributed by atoms with Crippen molar-refractivity contribution in [3.63, 3.8) is 0 Å². The maximum absolute atomic E-state index is 5.44. The average Bonchev–Trinajstić information content (AvgIpc) is 2.52. The number of anilines is 3. The summed E-state index contributed by atoms with van der Waals surface area (Å²) < 4.78 is 5.44. The van der Waals surface area contributed by atoms with Gasteiger partial charge in [0.05, 0.1) is 6.61 Å². The van der Waals surface area contributed by atoms with Crippen molar-refractivity contribution < 1.29 is 4.74 Å². The summed E-state index contributed by atoms with van der Waals surface area (Å²) in [4.78, 5) is 2.33. The Bertz CT molecular complexity index is 530. The second-order valence-electron chi connectivity index (χ2n) is 4.80. The largest absolute Gasteiger partial charge is 0.494 e. The van der Waals surface area contributed by atoms with E-state index in [1.807, 2.05) is 31.2 Å². The van der Waals surface area contributed by atoms with Crippen LogP contribution in [0.3, 0.4) is 0 Å². The van der Waals surface area contributed by atoms with Crippen LogP contribution in [0, 0.1) is 0 Å². The van der Waals surface area contributed by atoms with Crippen molar-refractivity contribution in [2.45, 2.75) is 20.8 Å². The lowest BCUT2D eigenvalue weighted by Gasteiger charge is -2.21. The molecule has 0 saturated heterocycles. The molecule has 0 aliphatic rings. The Morgan fingerprint density at radius 1 is 0.810 bits per heavy atom. The number of nitrogens with zero attached hydrogens (tertiary/aromatic N) is 1. The monoisotopic (exact) mass is 284 g/mol. The van der Waals surface area contributed by atoms with Crippen LogP contribution in [0.1, 0.15) is 20.8 Å². The van der Waals surface area contributed by atoms with Gasteiger partial charge in [0, 0.05) is 30.2 Å². The van der Waals surface area contributed by atoms with Gasteiger partial charge in [0.25, 0.3) is 0 Å². The van der Waals surface area contributed by atoms with Gasteiger partial charge in [0.15, 0.2) is 0 Å². The van der Waals surface area contributed by atoms with E-state index >= 15 is 0 Å². The van der Waals surface area contributed by atoms with Crippen LogP contribution in [0.2, 0.25) is 0 Å². The molecular formula is C18H24N2O. The minimum Gasteiger partial charge on any atom is -0.494 e. The number of nitrogens with one attached hydrogen (secondary N) is 1. The molecule has 0 aliphatic carbocycles. The summed E-state index contributed by atoms with van der Waals surface area (Å²) >= 11 is 0. The second kappa shape index (κ2) is 7.58. The van der Waals surface area contributed by atoms with Crippen molar-refractivity contribution in [2.75, 3.05) is 29.9 Å². The fourth-order valence-corrected chi connectivity index (χ4v) is 2.31. The first-order valence-corrected chi connectivity index (χ1v) is 7.61. The van der Waals surface area contributed by atoms with E-state index < -0.39 is 0 Å². The molecule has 0 bridgehead atoms. The van der Waals surface area contributed by atoms with E-state index in [2.05, 4.69) is 48.3 Å². The third-order valence-corrected chi connectivity index (χ3v) is 3.45. The van der Waals surface area contributed by atoms with Crippen molar-refractivity contribution in [1.82, 2.24) is 0 Å². The van der Waals surface area contributed by atoms with Crippen molar-refractivity contribution in [3.05, 3.63) is 48.5 Å². The van der Waals surface area contributed by atoms with Gasteiger partial charge in [-0.3, -0.25) is 0 Å². The molecule has 2 aromatic rings. The standard InChI is InChI=1S/C18H24N2O/c1-4-20(5-2)17-11-7-15(8-12-17)19-16-9-13-18(14-10-16)21-6-3/h7-14,19H,4-6H2,1-3H3. The highest BCUT2D eigenvalue weighted by Gasteiger charge is 2.01. The number of hydrogen-bond donors (Lipinski definition) is 1. The summed E-state index contributed by atoms with van der Waals surface area (Å²) in [7, 11) is 0. The molecule has 0 radical (unpaired) electrons. The topological polar surface area (TPSA) is 24.5 Å². The molecule has 3 heteroatoms. The zero-order valence-corrected chi connectivity index (χ0v) is 13.1. The van der Waals surface area contributed by atoms with Gasteiger partial charge in [-0.05, 0) is 69.3 Å². The first-order valence-electron chi connectivity index (χ1n) is 7.61. The SMILES string of the molecule is CCOc1ccc(Nc2ccc(N(CC)CC)cc2)cc1. The molecule has 0 amide bonds. The molecule has 0 spiro atoms. The normalized spacial score (nSPS) is 10.2. The third kappa shape index (κ3) is 4.15. The molecule has 1 N–H and O–H groups in total. The molecule has 21 heavy (non-hydrogen) atoms. The Hall–Kier alpha value is -2.16. The number of hydrogen-bond acceptors (Lipinski definition) is 3. The lowest BCUT2D eigenvalue weighted by Crippen LogP contribution is -2.21. The van der Waals surface area contributed by atoms with E-state index in [1.54, 1.807) is 0 Å². The van der Waals surface area contributed by atoms with Gasteiger partial charge in [0.2, 0.25) is 0 Å². The van der Waals surface area contributed by atoms with E-state index in [4.69, 9.17) is 4.74 Å². The molecule has 0 heterocycles. The van der Waals surface area contributed by atoms with Crippen LogP contribution in [0.25, 0.3) is 0 Å². The fraction of sp³-hybridized carbons (Fsp3) is 0.333. The third-order valence-electron chi connectivity index (χ3n) is 3.45. The Morgan fingerprint density at radius 2 is 1.33 bits per heavy atom. The van der Waals surface area contributed by atoms with Gasteiger partial charge < -0.3 is 15.0 Å². The van der Waals surface area contributed by atoms with E-state index in [0.717, 1.165) is 30.2 Å². The second-order valence-corrected chi connectivity index (χ2v) is 4.80. The van der Waals surface area contributed by atoms with E-state index in [1.165, 1.54) is 5.69 Å². The number of ether oxygens (including phenoxy) is 1. The smallest absolute Gasteiger partial charge is 0.119 e. The molecule has 0 aromatic heterocycles. The summed E-state index contributed by atoms with van der Waals surface area (Å²) in [5.74, 6) is 0.903. The van der Waals surface area contributed by atoms with Crippen molar-refractivity contribution in [2.24, 2.45) is 0 Å². The maximum Gasteiger partial charge on any atom is 0.119 e. The zero-order chi connectivity index (χ0) is 15.1. The lowest BCUT2D eigenvalue weighted by atomic mass is 10.2. The lowest BCUT2D eigenvalue weighted by molar-refractivity contribution is 0.340. The van der Waals surface area contributed by atoms with Crippen molar-refractivity contribution >= 4 is 17.1 Å². The van der Waals surface area contributed by atoms with Crippen LogP contribution >= 0.6 is 0 Å². The van der Waals surface area contributed by atoms with Crippen LogP contribution in [-0.2, 0) is 0 Å². The zero-order valence-electron chi connectivity index (χ0n) is 13.1. The molecule has 3 nitrogen and oxygen atoms in total. The molecule has 0 fully saturated rings. The van der Waals surface area contributed by atoms with Gasteiger partial charge in [-0.1, -0.05) is 0 Å². The first-order chi connectivity index (χ1) is 10.3. The summed E-state index contributed by atoms with van der Waals surface area (Å²) in [6.07, 6.45) is 0. The van der Waals surface area contributed by atoms with Crippen LogP contribution in [0.5, 0.6) is 5.75 Å². The van der Waals surface area contributed by atoms with Gasteiger partial charge in [0.1, 0.15) is 5.75 Å². The highest BCUT2D eigenvalue weighted by Crippen LogP contribution is 2.22. The molecular weight excluding hydrogens is 260 g/mol. The van der Waals surface area contributed by atoms with Gasteiger partial charge in [-0.25, -0.2) is 0 Å². The molecule has 0 aliphatic heterocycles. The average molecular weight is 284 g/mol. The van der Waals surface area contributed by atoms with E-state index in [-0.39, 0.29) is 0 Å². The Labute approximate surface area is 127 Å². The molecule has 0 atom stereocenters. The highest BCUT2D eigenvalue weighted by molar-refractivity contribution is 5.63. The quantitative estimate of drug-likeness (QED) is 0.799. The fourth-order valence-electron chi connectivity index (χ4n) is 2.31. The van der Waals surface area contributed by atoms with Gasteiger partial charge in [-0.2, -0.15) is 0 Å². The Morgan fingerprint density at radius 3 is 1.81 bits per heavy atom. The predicted molar refractivity (Wildman–Crippen MR) is 90.9 cm³/mol. The molecule has 2 rings (SSSR count). The molecule has 0 unspecified atom stereocenters.